The van der Waals surface area contributed by atoms with E-state index in [-0.39, 0.29) is 5.88 Å². The van der Waals surface area contributed by atoms with Gasteiger partial charge in [0, 0.05) is 6.26 Å². The summed E-state index contributed by atoms with van der Waals surface area (Å²) in [5, 5.41) is 8.29. The van der Waals surface area contributed by atoms with Crippen molar-refractivity contribution in [1.29, 1.82) is 0 Å². The molecule has 0 saturated carbocycles. The lowest BCUT2D eigenvalue weighted by Gasteiger charge is -1.68. The molecular formula is C3H3NO2. The van der Waals surface area contributed by atoms with E-state index < -0.39 is 0 Å². The highest BCUT2D eigenvalue weighted by Gasteiger charge is 1.78. The molecule has 0 fully saturated rings. The third-order valence-corrected chi connectivity index (χ3v) is 0.409. The van der Waals surface area contributed by atoms with Crippen molar-refractivity contribution in [2.45, 2.75) is 0 Å². The maximum atomic E-state index is 8.29. The molecule has 1 aromatic rings. The Morgan fingerprint density at radius 2 is 2.83 bits per heavy atom. The van der Waals surface area contributed by atoms with Crippen molar-refractivity contribution in [2.24, 2.45) is 0 Å². The summed E-state index contributed by atoms with van der Waals surface area (Å²) in [5.41, 5.74) is 0. The average Bonchev–Trinajstić information content (AvgIpc) is 1.86. The molecule has 0 aliphatic carbocycles. The maximum absolute atomic E-state index is 8.29. The first-order valence-corrected chi connectivity index (χ1v) is 1.45. The highest BCUT2D eigenvalue weighted by Crippen LogP contribution is 1.90. The van der Waals surface area contributed by atoms with Gasteiger partial charge >= 0.3 is 6.39 Å². The molecule has 1 aromatic heterocycles. The van der Waals surface area contributed by atoms with E-state index in [2.05, 4.69) is 15.8 Å². The van der Waals surface area contributed by atoms with Crippen LogP contribution in [0.3, 0.4) is 0 Å². The number of aromatic hydroxyl groups is 1. The largest absolute Gasteiger partial charge is 0.537 e. The minimum atomic E-state index is -0.00463. The van der Waals surface area contributed by atoms with Gasteiger partial charge in [0.25, 0.3) is 0 Å². The van der Waals surface area contributed by atoms with Gasteiger partial charge in [0.15, 0.2) is 0 Å². The fraction of sp³-hybridized carbons (Fsp3) is 0. The third-order valence-electron chi connectivity index (χ3n) is 0.409. The summed E-state index contributed by atoms with van der Waals surface area (Å²) in [6, 6.07) is 0. The molecule has 2 N–H and O–H groups in total. The lowest BCUT2D eigenvalue weighted by molar-refractivity contribution is -0.404. The summed E-state index contributed by atoms with van der Waals surface area (Å²) >= 11 is 0. The van der Waals surface area contributed by atoms with Crippen LogP contribution in [0.1, 0.15) is 0 Å². The number of hydrogen-bond acceptors (Lipinski definition) is 2. The van der Waals surface area contributed by atoms with Crippen LogP contribution < -0.4 is 4.98 Å². The first kappa shape index (κ1) is 3.21. The fourth-order valence-electron chi connectivity index (χ4n) is 0.196. The van der Waals surface area contributed by atoms with Crippen LogP contribution in [0, 0.1) is 6.39 Å². The van der Waals surface area contributed by atoms with Gasteiger partial charge in [0.1, 0.15) is 0 Å². The fourth-order valence-corrected chi connectivity index (χ4v) is 0.196. The van der Waals surface area contributed by atoms with Crippen molar-refractivity contribution >= 4 is 0 Å². The van der Waals surface area contributed by atoms with Gasteiger partial charge in [-0.25, -0.2) is 0 Å². The molecule has 0 spiro atoms. The number of hydrogen-bond donors (Lipinski definition) is 1. The van der Waals surface area contributed by atoms with Gasteiger partial charge in [-0.05, 0) is 0 Å². The van der Waals surface area contributed by atoms with Crippen molar-refractivity contribution in [1.82, 2.24) is 0 Å². The van der Waals surface area contributed by atoms with Crippen molar-refractivity contribution in [3.63, 3.8) is 0 Å². The number of rotatable bonds is 0. The molecule has 3 heteroatoms. The highest BCUT2D eigenvalue weighted by atomic mass is 16.4. The van der Waals surface area contributed by atoms with E-state index in [0.29, 0.717) is 0 Å². The van der Waals surface area contributed by atoms with E-state index >= 15 is 0 Å². The van der Waals surface area contributed by atoms with E-state index in [1.165, 1.54) is 0 Å². The monoisotopic (exact) mass is 85.0 g/mol. The van der Waals surface area contributed by atoms with Crippen molar-refractivity contribution in [2.75, 3.05) is 0 Å². The topological polar surface area (TPSA) is 47.5 Å². The Labute approximate surface area is 34.2 Å². The highest BCUT2D eigenvalue weighted by molar-refractivity contribution is 4.81. The van der Waals surface area contributed by atoms with Gasteiger partial charge in [0.2, 0.25) is 5.88 Å². The molecule has 0 bridgehead atoms. The normalized spacial score (nSPS) is 8.67. The molecule has 0 aliphatic heterocycles. The number of nitrogens with one attached hydrogen (secondary N) is 1. The Morgan fingerprint density at radius 1 is 2.00 bits per heavy atom. The van der Waals surface area contributed by atoms with E-state index in [1.807, 2.05) is 0 Å². The first-order chi connectivity index (χ1) is 2.89. The van der Waals surface area contributed by atoms with Gasteiger partial charge in [-0.3, -0.25) is 4.98 Å². The summed E-state index contributed by atoms with van der Waals surface area (Å²) in [6.45, 7) is 0. The molecule has 0 aromatic carbocycles. The Hall–Kier alpha value is -0.990. The molecule has 0 aliphatic rings. The molecule has 6 heavy (non-hydrogen) atoms. The van der Waals surface area contributed by atoms with Gasteiger partial charge in [-0.1, -0.05) is 0 Å². The van der Waals surface area contributed by atoms with Gasteiger partial charge in [-0.15, -0.1) is 0 Å². The summed E-state index contributed by atoms with van der Waals surface area (Å²) in [5.74, 6) is -0.00463. The molecule has 0 saturated heterocycles. The molecule has 0 atom stereocenters. The molecule has 0 radical (unpaired) electrons. The van der Waals surface area contributed by atoms with E-state index in [9.17, 15) is 0 Å². The van der Waals surface area contributed by atoms with E-state index in [4.69, 9.17) is 5.11 Å². The predicted octanol–water partition coefficient (Wildman–Crippen LogP) is -0.401. The van der Waals surface area contributed by atoms with Crippen LogP contribution in [0.4, 0.5) is 0 Å². The third kappa shape index (κ3) is 0.337. The second kappa shape index (κ2) is 1.01. The summed E-state index contributed by atoms with van der Waals surface area (Å²) in [6.07, 6.45) is 3.33. The van der Waals surface area contributed by atoms with Crippen molar-refractivity contribution in [3.8, 4) is 5.88 Å². The molecule has 0 unspecified atom stereocenters. The Balaban J connectivity index is 3.05. The van der Waals surface area contributed by atoms with Crippen molar-refractivity contribution in [3.05, 3.63) is 12.7 Å². The van der Waals surface area contributed by atoms with Crippen LogP contribution in [0.2, 0.25) is 0 Å². The van der Waals surface area contributed by atoms with Gasteiger partial charge < -0.3 is 9.52 Å². The van der Waals surface area contributed by atoms with Crippen LogP contribution in [-0.2, 0) is 0 Å². The van der Waals surface area contributed by atoms with Gasteiger partial charge in [0.05, 0.1) is 0 Å². The van der Waals surface area contributed by atoms with Crippen LogP contribution in [-0.4, -0.2) is 5.11 Å². The molecular weight excluding hydrogens is 82.0 g/mol. The number of H-pyrrole nitrogens is 1. The smallest absolute Gasteiger partial charge is 0.315 e. The lowest BCUT2D eigenvalue weighted by atomic mass is 10.9. The van der Waals surface area contributed by atoms with E-state index in [0.717, 1.165) is 6.26 Å². The van der Waals surface area contributed by atoms with Crippen LogP contribution in [0.15, 0.2) is 10.7 Å². The molecule has 1 rings (SSSR count). The second-order valence-electron chi connectivity index (χ2n) is 0.848. The maximum Gasteiger partial charge on any atom is 0.315 e. The van der Waals surface area contributed by atoms with Crippen LogP contribution in [0.5, 0.6) is 5.88 Å². The molecule has 1 heterocycles. The predicted molar refractivity (Wildman–Crippen MR) is 15.8 cm³/mol. The average molecular weight is 85.1 g/mol. The zero-order chi connectivity index (χ0) is 4.41. The molecule has 3 nitrogen and oxygen atoms in total. The minimum absolute atomic E-state index is 0.00463. The van der Waals surface area contributed by atoms with Crippen molar-refractivity contribution < 1.29 is 14.5 Å². The number of aromatic nitrogens is 1. The summed E-state index contributed by atoms with van der Waals surface area (Å²) < 4.78 is 4.28. The Kier molecular flexibility index (Phi) is 0.538. The SMILES string of the molecule is Oc1co[c-][nH+]1. The zero-order valence-corrected chi connectivity index (χ0v) is 2.93. The van der Waals surface area contributed by atoms with Gasteiger partial charge in [-0.2, -0.15) is 0 Å². The summed E-state index contributed by atoms with van der Waals surface area (Å²) in [4.78, 5) is 2.26. The standard InChI is InChI=1S/C3H3NO2/c5-3-1-6-2-4-3/h1,4-5H. The summed E-state index contributed by atoms with van der Waals surface area (Å²) in [7, 11) is 0. The minimum Gasteiger partial charge on any atom is -0.537 e. The Morgan fingerprint density at radius 3 is 3.00 bits per heavy atom. The van der Waals surface area contributed by atoms with E-state index in [1.54, 1.807) is 0 Å². The number of aromatic amines is 1. The number of oxazole rings is 1. The second-order valence-corrected chi connectivity index (χ2v) is 0.848. The lowest BCUT2D eigenvalue weighted by Crippen LogP contribution is -1.91. The van der Waals surface area contributed by atoms with Crippen LogP contribution in [0.25, 0.3) is 0 Å². The zero-order valence-electron chi connectivity index (χ0n) is 2.93. The molecule has 0 amide bonds. The molecule has 32 valence electrons. The first-order valence-electron chi connectivity index (χ1n) is 1.45. The quantitative estimate of drug-likeness (QED) is 0.436. The Bertz CT molecular complexity index is 112. The van der Waals surface area contributed by atoms with Crippen LogP contribution >= 0.6 is 0 Å².